The summed E-state index contributed by atoms with van der Waals surface area (Å²) in [4.78, 5) is 10.9. The Morgan fingerprint density at radius 2 is 2.10 bits per heavy atom. The highest BCUT2D eigenvalue weighted by atomic mass is 16.5. The standard InChI is InChI=1S/C22H33N7O2/c1-4-5-9-24-21-20-18(26-22(23)27-21)13-25-29(20)15-17-8-7-16(12-19(17)31-3)14-28(2)10-6-11-30/h7-8,12-13,30H,4-6,9-11,14-15H2,1-3H3,(H3,23,24,26,27). The number of ether oxygens (including phenoxy) is 1. The summed E-state index contributed by atoms with van der Waals surface area (Å²) in [7, 11) is 3.73. The summed E-state index contributed by atoms with van der Waals surface area (Å²) >= 11 is 0. The number of fused-ring (bicyclic) bond motifs is 1. The Labute approximate surface area is 183 Å². The van der Waals surface area contributed by atoms with Crippen LogP contribution in [0.5, 0.6) is 5.75 Å². The first kappa shape index (κ1) is 22.8. The van der Waals surface area contributed by atoms with Gasteiger partial charge in [0.15, 0.2) is 5.82 Å². The summed E-state index contributed by atoms with van der Waals surface area (Å²) in [5, 5.41) is 16.9. The van der Waals surface area contributed by atoms with Gasteiger partial charge in [-0.3, -0.25) is 4.68 Å². The summed E-state index contributed by atoms with van der Waals surface area (Å²) in [6.07, 6.45) is 4.62. The SMILES string of the molecule is CCCCNc1nc(N)nc2cnn(Cc3ccc(CN(C)CCCO)cc3OC)c12. The molecule has 0 unspecified atom stereocenters. The zero-order chi connectivity index (χ0) is 22.2. The van der Waals surface area contributed by atoms with E-state index in [1.807, 2.05) is 11.7 Å². The van der Waals surface area contributed by atoms with Crippen LogP contribution in [0.25, 0.3) is 11.0 Å². The number of unbranched alkanes of at least 4 members (excludes halogenated alkanes) is 1. The number of nitrogen functional groups attached to an aromatic ring is 1. The minimum Gasteiger partial charge on any atom is -0.496 e. The van der Waals surface area contributed by atoms with Gasteiger partial charge in [-0.05, 0) is 31.5 Å². The van der Waals surface area contributed by atoms with Gasteiger partial charge in [-0.15, -0.1) is 0 Å². The molecule has 3 aromatic rings. The number of rotatable bonds is 12. The van der Waals surface area contributed by atoms with Crippen LogP contribution in [0.4, 0.5) is 11.8 Å². The third-order valence-corrected chi connectivity index (χ3v) is 5.15. The number of nitrogens with one attached hydrogen (secondary N) is 1. The monoisotopic (exact) mass is 427 g/mol. The maximum atomic E-state index is 9.02. The Morgan fingerprint density at radius 1 is 1.26 bits per heavy atom. The van der Waals surface area contributed by atoms with Gasteiger partial charge < -0.3 is 25.8 Å². The van der Waals surface area contributed by atoms with Crippen LogP contribution < -0.4 is 15.8 Å². The third-order valence-electron chi connectivity index (χ3n) is 5.15. The van der Waals surface area contributed by atoms with Crippen molar-refractivity contribution in [3.05, 3.63) is 35.5 Å². The van der Waals surface area contributed by atoms with Crippen molar-refractivity contribution >= 4 is 22.8 Å². The van der Waals surface area contributed by atoms with Gasteiger partial charge in [0.1, 0.15) is 16.8 Å². The van der Waals surface area contributed by atoms with E-state index in [2.05, 4.69) is 50.4 Å². The van der Waals surface area contributed by atoms with Gasteiger partial charge in [-0.2, -0.15) is 10.1 Å². The molecule has 0 saturated heterocycles. The highest BCUT2D eigenvalue weighted by Crippen LogP contribution is 2.26. The van der Waals surface area contributed by atoms with E-state index in [-0.39, 0.29) is 12.6 Å². The van der Waals surface area contributed by atoms with Crippen LogP contribution in [0.1, 0.15) is 37.3 Å². The van der Waals surface area contributed by atoms with Gasteiger partial charge in [0.2, 0.25) is 5.95 Å². The number of hydrogen-bond acceptors (Lipinski definition) is 8. The Kier molecular flexibility index (Phi) is 8.02. The number of aliphatic hydroxyl groups is 1. The number of aliphatic hydroxyl groups excluding tert-OH is 1. The molecule has 2 aromatic heterocycles. The first-order valence-electron chi connectivity index (χ1n) is 10.7. The molecule has 0 amide bonds. The number of hydrogen-bond donors (Lipinski definition) is 3. The average Bonchev–Trinajstić information content (AvgIpc) is 3.15. The number of nitrogens with zero attached hydrogens (tertiary/aromatic N) is 5. The molecule has 9 nitrogen and oxygen atoms in total. The van der Waals surface area contributed by atoms with Crippen LogP contribution in [0.3, 0.4) is 0 Å². The minimum absolute atomic E-state index is 0.203. The Morgan fingerprint density at radius 3 is 2.84 bits per heavy atom. The van der Waals surface area contributed by atoms with Crippen LogP contribution >= 0.6 is 0 Å². The topological polar surface area (TPSA) is 114 Å². The highest BCUT2D eigenvalue weighted by molar-refractivity contribution is 5.86. The van der Waals surface area contributed by atoms with Crippen molar-refractivity contribution < 1.29 is 9.84 Å². The van der Waals surface area contributed by atoms with E-state index in [4.69, 9.17) is 15.6 Å². The molecule has 0 aliphatic rings. The van der Waals surface area contributed by atoms with Crippen molar-refractivity contribution in [2.24, 2.45) is 0 Å². The van der Waals surface area contributed by atoms with Gasteiger partial charge in [-0.1, -0.05) is 25.5 Å². The predicted molar refractivity (Wildman–Crippen MR) is 123 cm³/mol. The molecule has 0 aliphatic carbocycles. The van der Waals surface area contributed by atoms with E-state index in [1.165, 1.54) is 0 Å². The van der Waals surface area contributed by atoms with Crippen LogP contribution in [0.15, 0.2) is 24.4 Å². The maximum absolute atomic E-state index is 9.02. The smallest absolute Gasteiger partial charge is 0.222 e. The molecule has 2 heterocycles. The molecule has 31 heavy (non-hydrogen) atoms. The number of anilines is 2. The van der Waals surface area contributed by atoms with Crippen molar-refractivity contribution in [2.45, 2.75) is 39.3 Å². The van der Waals surface area contributed by atoms with Crippen molar-refractivity contribution in [2.75, 3.05) is 44.9 Å². The van der Waals surface area contributed by atoms with Gasteiger partial charge in [0, 0.05) is 31.8 Å². The third kappa shape index (κ3) is 5.83. The van der Waals surface area contributed by atoms with Gasteiger partial charge in [0.25, 0.3) is 0 Å². The molecular weight excluding hydrogens is 394 g/mol. The molecule has 0 bridgehead atoms. The number of aromatic nitrogens is 4. The maximum Gasteiger partial charge on any atom is 0.222 e. The number of nitrogens with two attached hydrogens (primary N) is 1. The molecule has 0 radical (unpaired) electrons. The normalized spacial score (nSPS) is 11.4. The van der Waals surface area contributed by atoms with E-state index in [1.54, 1.807) is 13.3 Å². The van der Waals surface area contributed by atoms with Crippen LogP contribution in [0, 0.1) is 0 Å². The lowest BCUT2D eigenvalue weighted by atomic mass is 10.1. The molecule has 3 rings (SSSR count). The van der Waals surface area contributed by atoms with E-state index >= 15 is 0 Å². The second-order valence-electron chi connectivity index (χ2n) is 7.71. The Bertz CT molecular complexity index is 989. The fourth-order valence-electron chi connectivity index (χ4n) is 3.55. The second-order valence-corrected chi connectivity index (χ2v) is 7.71. The van der Waals surface area contributed by atoms with Crippen LogP contribution in [-0.4, -0.2) is 63.6 Å². The molecule has 0 atom stereocenters. The molecule has 0 aliphatic heterocycles. The largest absolute Gasteiger partial charge is 0.496 e. The summed E-state index contributed by atoms with van der Waals surface area (Å²) in [5.41, 5.74) is 9.61. The number of methoxy groups -OCH3 is 1. The number of benzene rings is 1. The Balaban J connectivity index is 1.84. The molecule has 4 N–H and O–H groups in total. The first-order chi connectivity index (χ1) is 15.0. The zero-order valence-electron chi connectivity index (χ0n) is 18.6. The van der Waals surface area contributed by atoms with E-state index in [0.717, 1.165) is 61.3 Å². The van der Waals surface area contributed by atoms with E-state index in [0.29, 0.717) is 17.9 Å². The zero-order valence-corrected chi connectivity index (χ0v) is 18.6. The lowest BCUT2D eigenvalue weighted by Gasteiger charge is -2.18. The predicted octanol–water partition coefficient (Wildman–Crippen LogP) is 2.49. The van der Waals surface area contributed by atoms with Crippen molar-refractivity contribution in [1.82, 2.24) is 24.6 Å². The summed E-state index contributed by atoms with van der Waals surface area (Å²) < 4.78 is 7.55. The van der Waals surface area contributed by atoms with Crippen molar-refractivity contribution in [3.63, 3.8) is 0 Å². The molecule has 168 valence electrons. The fourth-order valence-corrected chi connectivity index (χ4v) is 3.55. The molecule has 9 heteroatoms. The molecule has 0 fully saturated rings. The Hall–Kier alpha value is -2.91. The molecular formula is C22H33N7O2. The molecule has 0 spiro atoms. The molecule has 1 aromatic carbocycles. The average molecular weight is 428 g/mol. The van der Waals surface area contributed by atoms with Gasteiger partial charge in [0.05, 0.1) is 19.9 Å². The second kappa shape index (κ2) is 10.9. The van der Waals surface area contributed by atoms with E-state index in [9.17, 15) is 0 Å². The van der Waals surface area contributed by atoms with Crippen LogP contribution in [-0.2, 0) is 13.1 Å². The summed E-state index contributed by atoms with van der Waals surface area (Å²) in [6.45, 7) is 5.33. The lowest BCUT2D eigenvalue weighted by molar-refractivity contribution is 0.244. The van der Waals surface area contributed by atoms with Crippen molar-refractivity contribution in [1.29, 1.82) is 0 Å². The minimum atomic E-state index is 0.203. The molecule has 0 saturated carbocycles. The fraction of sp³-hybridized carbons (Fsp3) is 0.500. The quantitative estimate of drug-likeness (QED) is 0.378. The summed E-state index contributed by atoms with van der Waals surface area (Å²) in [6, 6.07) is 6.24. The lowest BCUT2D eigenvalue weighted by Crippen LogP contribution is -2.20. The first-order valence-corrected chi connectivity index (χ1v) is 10.7. The van der Waals surface area contributed by atoms with Crippen molar-refractivity contribution in [3.8, 4) is 5.75 Å². The van der Waals surface area contributed by atoms with E-state index < -0.39 is 0 Å². The van der Waals surface area contributed by atoms with Gasteiger partial charge >= 0.3 is 0 Å². The highest BCUT2D eigenvalue weighted by Gasteiger charge is 2.15. The summed E-state index contributed by atoms with van der Waals surface area (Å²) in [5.74, 6) is 1.75. The van der Waals surface area contributed by atoms with Crippen LogP contribution in [0.2, 0.25) is 0 Å². The van der Waals surface area contributed by atoms with Gasteiger partial charge in [-0.25, -0.2) is 4.98 Å².